The number of aromatic hydroxyl groups is 1. The molecule has 0 aromatic heterocycles. The highest BCUT2D eigenvalue weighted by atomic mass is 16.3. The maximum Gasteiger partial charge on any atom is 0.241 e. The van der Waals surface area contributed by atoms with Gasteiger partial charge in [0.15, 0.2) is 0 Å². The summed E-state index contributed by atoms with van der Waals surface area (Å²) in [7, 11) is 0. The monoisotopic (exact) mass is 318 g/mol. The molecule has 2 unspecified atom stereocenters. The summed E-state index contributed by atoms with van der Waals surface area (Å²) >= 11 is 0. The number of phenolic OH excluding ortho intramolecular Hbond substituents is 1. The van der Waals surface area contributed by atoms with Crippen LogP contribution in [0, 0.1) is 0 Å². The van der Waals surface area contributed by atoms with Crippen molar-refractivity contribution in [2.75, 3.05) is 31.1 Å². The highest BCUT2D eigenvalue weighted by molar-refractivity contribution is 5.82. The molecular formula is C17H26N4O2. The summed E-state index contributed by atoms with van der Waals surface area (Å²) in [5.41, 5.74) is 7.40. The normalized spacial score (nSPS) is 24.9. The fourth-order valence-electron chi connectivity index (χ4n) is 3.42. The maximum absolute atomic E-state index is 12.6. The Kier molecular flexibility index (Phi) is 5.03. The van der Waals surface area contributed by atoms with Gasteiger partial charge in [0.2, 0.25) is 5.91 Å². The molecule has 1 amide bonds. The second kappa shape index (κ2) is 7.19. The van der Waals surface area contributed by atoms with Gasteiger partial charge in [0.1, 0.15) is 11.8 Å². The second-order valence-electron chi connectivity index (χ2n) is 6.39. The molecule has 2 aliphatic rings. The number of amides is 1. The lowest BCUT2D eigenvalue weighted by Gasteiger charge is -2.37. The molecule has 2 heterocycles. The molecule has 0 aliphatic carbocycles. The van der Waals surface area contributed by atoms with Crippen molar-refractivity contribution in [3.05, 3.63) is 24.3 Å². The van der Waals surface area contributed by atoms with Crippen molar-refractivity contribution in [2.45, 2.75) is 38.3 Å². The quantitative estimate of drug-likeness (QED) is 0.775. The van der Waals surface area contributed by atoms with Crippen LogP contribution < -0.4 is 15.8 Å². The molecule has 0 saturated carbocycles. The number of benzene rings is 1. The Morgan fingerprint density at radius 1 is 1.26 bits per heavy atom. The topological polar surface area (TPSA) is 67.8 Å². The van der Waals surface area contributed by atoms with Crippen LogP contribution >= 0.6 is 0 Å². The number of hydrazine groups is 1. The summed E-state index contributed by atoms with van der Waals surface area (Å²) in [5.74, 6) is 0.482. The van der Waals surface area contributed by atoms with Gasteiger partial charge in [0.25, 0.3) is 0 Å². The molecule has 1 aromatic carbocycles. The molecule has 1 aromatic rings. The van der Waals surface area contributed by atoms with Crippen molar-refractivity contribution in [3.63, 3.8) is 0 Å². The first-order chi connectivity index (χ1) is 11.2. The Morgan fingerprint density at radius 2 is 2.04 bits per heavy atom. The van der Waals surface area contributed by atoms with Crippen molar-refractivity contribution in [2.24, 2.45) is 0 Å². The van der Waals surface area contributed by atoms with E-state index in [2.05, 4.69) is 22.7 Å². The van der Waals surface area contributed by atoms with Crippen LogP contribution in [0.3, 0.4) is 0 Å². The van der Waals surface area contributed by atoms with Crippen LogP contribution in [0.1, 0.15) is 26.2 Å². The van der Waals surface area contributed by atoms with Crippen molar-refractivity contribution < 1.29 is 9.90 Å². The SMILES string of the molecule is CCCC1CC(C(=O)N2CCN(c3cccc(O)c3)CC2)NN1. The number of rotatable bonds is 4. The molecule has 0 spiro atoms. The van der Waals surface area contributed by atoms with Gasteiger partial charge in [0, 0.05) is 44.0 Å². The van der Waals surface area contributed by atoms with E-state index in [1.54, 1.807) is 12.1 Å². The first-order valence-corrected chi connectivity index (χ1v) is 8.51. The predicted octanol–water partition coefficient (Wildman–Crippen LogP) is 1.08. The van der Waals surface area contributed by atoms with E-state index in [0.29, 0.717) is 6.04 Å². The maximum atomic E-state index is 12.6. The van der Waals surface area contributed by atoms with E-state index in [0.717, 1.165) is 51.1 Å². The Hall–Kier alpha value is -1.79. The Balaban J connectivity index is 1.52. The van der Waals surface area contributed by atoms with Gasteiger partial charge in [-0.25, -0.2) is 5.43 Å². The molecule has 6 heteroatoms. The standard InChI is InChI=1S/C17H26N4O2/c1-2-4-13-11-16(19-18-13)17(23)21-9-7-20(8-10-21)14-5-3-6-15(22)12-14/h3,5-6,12-13,16,18-19,22H,2,4,7-11H2,1H3. The molecule has 2 atom stereocenters. The Bertz CT molecular complexity index is 543. The van der Waals surface area contributed by atoms with Crippen LogP contribution in [0.5, 0.6) is 5.75 Å². The first-order valence-electron chi connectivity index (χ1n) is 8.51. The second-order valence-corrected chi connectivity index (χ2v) is 6.39. The average molecular weight is 318 g/mol. The molecule has 126 valence electrons. The van der Waals surface area contributed by atoms with Crippen LogP contribution in [0.4, 0.5) is 5.69 Å². The van der Waals surface area contributed by atoms with Gasteiger partial charge >= 0.3 is 0 Å². The fourth-order valence-corrected chi connectivity index (χ4v) is 3.42. The van der Waals surface area contributed by atoms with Crippen molar-refractivity contribution >= 4 is 11.6 Å². The van der Waals surface area contributed by atoms with E-state index < -0.39 is 0 Å². The minimum atomic E-state index is -0.0983. The van der Waals surface area contributed by atoms with Crippen molar-refractivity contribution in [1.82, 2.24) is 15.8 Å². The van der Waals surface area contributed by atoms with Gasteiger partial charge in [-0.15, -0.1) is 0 Å². The van der Waals surface area contributed by atoms with E-state index in [1.807, 2.05) is 17.0 Å². The third-order valence-corrected chi connectivity index (χ3v) is 4.70. The number of hydrogen-bond donors (Lipinski definition) is 3. The van der Waals surface area contributed by atoms with Crippen LogP contribution in [-0.2, 0) is 4.79 Å². The average Bonchev–Trinajstić information content (AvgIpc) is 3.03. The summed E-state index contributed by atoms with van der Waals surface area (Å²) < 4.78 is 0. The fraction of sp³-hybridized carbons (Fsp3) is 0.588. The zero-order chi connectivity index (χ0) is 16.2. The molecular weight excluding hydrogens is 292 g/mol. The van der Waals surface area contributed by atoms with Gasteiger partial charge < -0.3 is 14.9 Å². The van der Waals surface area contributed by atoms with Crippen LogP contribution in [0.2, 0.25) is 0 Å². The zero-order valence-corrected chi connectivity index (χ0v) is 13.7. The minimum absolute atomic E-state index is 0.0983. The predicted molar refractivity (Wildman–Crippen MR) is 90.3 cm³/mol. The van der Waals surface area contributed by atoms with Gasteiger partial charge in [-0.2, -0.15) is 0 Å². The molecule has 2 saturated heterocycles. The largest absolute Gasteiger partial charge is 0.508 e. The third-order valence-electron chi connectivity index (χ3n) is 4.70. The van der Waals surface area contributed by atoms with Crippen LogP contribution in [0.25, 0.3) is 0 Å². The van der Waals surface area contributed by atoms with Crippen molar-refractivity contribution in [3.8, 4) is 5.75 Å². The molecule has 2 fully saturated rings. The molecule has 3 rings (SSSR count). The summed E-state index contributed by atoms with van der Waals surface area (Å²) in [6, 6.07) is 7.60. The molecule has 2 aliphatic heterocycles. The lowest BCUT2D eigenvalue weighted by Crippen LogP contribution is -2.53. The first kappa shape index (κ1) is 16.1. The van der Waals surface area contributed by atoms with E-state index in [9.17, 15) is 9.90 Å². The third kappa shape index (κ3) is 3.76. The zero-order valence-electron chi connectivity index (χ0n) is 13.7. The minimum Gasteiger partial charge on any atom is -0.508 e. The summed E-state index contributed by atoms with van der Waals surface area (Å²) in [6.07, 6.45) is 3.10. The van der Waals surface area contributed by atoms with E-state index in [-0.39, 0.29) is 17.7 Å². The molecule has 6 nitrogen and oxygen atoms in total. The van der Waals surface area contributed by atoms with E-state index >= 15 is 0 Å². The lowest BCUT2D eigenvalue weighted by molar-refractivity contribution is -0.133. The van der Waals surface area contributed by atoms with Gasteiger partial charge in [-0.3, -0.25) is 10.2 Å². The highest BCUT2D eigenvalue weighted by Gasteiger charge is 2.33. The Morgan fingerprint density at radius 3 is 2.74 bits per heavy atom. The number of phenols is 1. The number of anilines is 1. The van der Waals surface area contributed by atoms with Gasteiger partial charge in [-0.05, 0) is 25.0 Å². The number of hydrogen-bond acceptors (Lipinski definition) is 5. The summed E-state index contributed by atoms with van der Waals surface area (Å²) in [6.45, 7) is 5.22. The summed E-state index contributed by atoms with van der Waals surface area (Å²) in [5, 5.41) is 9.59. The molecule has 0 radical (unpaired) electrons. The van der Waals surface area contributed by atoms with Gasteiger partial charge in [-0.1, -0.05) is 19.4 Å². The van der Waals surface area contributed by atoms with E-state index in [4.69, 9.17) is 0 Å². The summed E-state index contributed by atoms with van der Waals surface area (Å²) in [4.78, 5) is 16.8. The number of nitrogens with zero attached hydrogens (tertiary/aromatic N) is 2. The smallest absolute Gasteiger partial charge is 0.241 e. The lowest BCUT2D eigenvalue weighted by atomic mass is 10.0. The highest BCUT2D eigenvalue weighted by Crippen LogP contribution is 2.22. The van der Waals surface area contributed by atoms with E-state index in [1.165, 1.54) is 0 Å². The number of carbonyl (C=O) groups excluding carboxylic acids is 1. The molecule has 3 N–H and O–H groups in total. The van der Waals surface area contributed by atoms with Crippen LogP contribution in [0.15, 0.2) is 24.3 Å². The molecule has 0 bridgehead atoms. The number of carbonyl (C=O) groups is 1. The van der Waals surface area contributed by atoms with Crippen LogP contribution in [-0.4, -0.2) is 54.2 Å². The molecule has 23 heavy (non-hydrogen) atoms. The van der Waals surface area contributed by atoms with Gasteiger partial charge in [0.05, 0.1) is 0 Å². The number of piperazine rings is 1. The Labute approximate surface area is 137 Å². The number of nitrogens with one attached hydrogen (secondary N) is 2. The van der Waals surface area contributed by atoms with Crippen molar-refractivity contribution in [1.29, 1.82) is 0 Å².